The SMILES string of the molecule is C/C=C/[C@H]1CCC[C@@H]2C(=O)OC[C@@H]21. The van der Waals surface area contributed by atoms with Gasteiger partial charge in [0.25, 0.3) is 0 Å². The van der Waals surface area contributed by atoms with Crippen LogP contribution in [0.4, 0.5) is 0 Å². The fourth-order valence-electron chi connectivity index (χ4n) is 2.60. The lowest BCUT2D eigenvalue weighted by Crippen LogP contribution is -2.27. The van der Waals surface area contributed by atoms with Crippen LogP contribution in [0.5, 0.6) is 0 Å². The van der Waals surface area contributed by atoms with Gasteiger partial charge in [-0.05, 0) is 25.7 Å². The Labute approximate surface area is 79.0 Å². The molecule has 0 spiro atoms. The summed E-state index contributed by atoms with van der Waals surface area (Å²) in [6.45, 7) is 2.69. The number of rotatable bonds is 1. The van der Waals surface area contributed by atoms with Crippen molar-refractivity contribution in [1.82, 2.24) is 0 Å². The predicted octanol–water partition coefficient (Wildman–Crippen LogP) is 2.15. The van der Waals surface area contributed by atoms with Crippen LogP contribution >= 0.6 is 0 Å². The van der Waals surface area contributed by atoms with Crippen molar-refractivity contribution in [3.8, 4) is 0 Å². The third-order valence-corrected chi connectivity index (χ3v) is 3.28. The average molecular weight is 180 g/mol. The average Bonchev–Trinajstić information content (AvgIpc) is 2.50. The van der Waals surface area contributed by atoms with E-state index in [4.69, 9.17) is 4.74 Å². The molecule has 2 nitrogen and oxygen atoms in total. The number of hydrogen-bond acceptors (Lipinski definition) is 2. The summed E-state index contributed by atoms with van der Waals surface area (Å²) in [6.07, 6.45) is 7.76. The Balaban J connectivity index is 2.11. The number of cyclic esters (lactones) is 1. The largest absolute Gasteiger partial charge is 0.465 e. The van der Waals surface area contributed by atoms with Gasteiger partial charge in [0.05, 0.1) is 12.5 Å². The zero-order chi connectivity index (χ0) is 9.26. The Morgan fingerprint density at radius 2 is 2.31 bits per heavy atom. The third-order valence-electron chi connectivity index (χ3n) is 3.28. The van der Waals surface area contributed by atoms with Crippen molar-refractivity contribution in [3.05, 3.63) is 12.2 Å². The van der Waals surface area contributed by atoms with E-state index in [-0.39, 0.29) is 11.9 Å². The first-order chi connectivity index (χ1) is 6.33. The van der Waals surface area contributed by atoms with Crippen LogP contribution in [0.2, 0.25) is 0 Å². The fourth-order valence-corrected chi connectivity index (χ4v) is 2.60. The first-order valence-electron chi connectivity index (χ1n) is 5.12. The van der Waals surface area contributed by atoms with E-state index < -0.39 is 0 Å². The molecular formula is C11H16O2. The van der Waals surface area contributed by atoms with Crippen LogP contribution < -0.4 is 0 Å². The number of allylic oxidation sites excluding steroid dienone is 2. The van der Waals surface area contributed by atoms with Gasteiger partial charge in [-0.3, -0.25) is 4.79 Å². The van der Waals surface area contributed by atoms with Crippen molar-refractivity contribution in [2.45, 2.75) is 26.2 Å². The third kappa shape index (κ3) is 1.50. The smallest absolute Gasteiger partial charge is 0.309 e. The molecule has 1 heterocycles. The van der Waals surface area contributed by atoms with Crippen LogP contribution in [0.25, 0.3) is 0 Å². The van der Waals surface area contributed by atoms with E-state index in [1.807, 2.05) is 6.92 Å². The minimum Gasteiger partial charge on any atom is -0.465 e. The maximum atomic E-state index is 11.3. The van der Waals surface area contributed by atoms with Crippen LogP contribution in [0.1, 0.15) is 26.2 Å². The molecule has 0 radical (unpaired) electrons. The summed E-state index contributed by atoms with van der Waals surface area (Å²) >= 11 is 0. The minimum absolute atomic E-state index is 0.0409. The van der Waals surface area contributed by atoms with Crippen LogP contribution in [0, 0.1) is 17.8 Å². The van der Waals surface area contributed by atoms with Crippen molar-refractivity contribution in [1.29, 1.82) is 0 Å². The first-order valence-corrected chi connectivity index (χ1v) is 5.12. The summed E-state index contributed by atoms with van der Waals surface area (Å²) < 4.78 is 5.10. The van der Waals surface area contributed by atoms with Crippen molar-refractivity contribution in [2.75, 3.05) is 6.61 Å². The monoisotopic (exact) mass is 180 g/mol. The molecule has 1 aliphatic heterocycles. The molecule has 0 bridgehead atoms. The molecule has 13 heavy (non-hydrogen) atoms. The van der Waals surface area contributed by atoms with E-state index in [9.17, 15) is 4.79 Å². The van der Waals surface area contributed by atoms with E-state index in [1.165, 1.54) is 12.8 Å². The molecule has 1 saturated carbocycles. The van der Waals surface area contributed by atoms with Gasteiger partial charge < -0.3 is 4.74 Å². The van der Waals surface area contributed by atoms with E-state index in [0.717, 1.165) is 6.42 Å². The second-order valence-electron chi connectivity index (χ2n) is 4.02. The number of esters is 1. The number of fused-ring (bicyclic) bond motifs is 1. The van der Waals surface area contributed by atoms with Crippen LogP contribution in [-0.2, 0) is 9.53 Å². The van der Waals surface area contributed by atoms with Crippen LogP contribution in [-0.4, -0.2) is 12.6 Å². The summed E-state index contributed by atoms with van der Waals surface area (Å²) in [5.74, 6) is 1.29. The maximum absolute atomic E-state index is 11.3. The van der Waals surface area contributed by atoms with Gasteiger partial charge in [-0.1, -0.05) is 18.6 Å². The zero-order valence-electron chi connectivity index (χ0n) is 8.03. The fraction of sp³-hybridized carbons (Fsp3) is 0.727. The molecule has 2 rings (SSSR count). The predicted molar refractivity (Wildman–Crippen MR) is 50.1 cm³/mol. The van der Waals surface area contributed by atoms with Gasteiger partial charge in [0.1, 0.15) is 0 Å². The summed E-state index contributed by atoms with van der Waals surface area (Å²) in [4.78, 5) is 11.3. The lowest BCUT2D eigenvalue weighted by Gasteiger charge is -2.28. The molecule has 2 fully saturated rings. The molecule has 0 N–H and O–H groups in total. The molecule has 1 saturated heterocycles. The molecule has 72 valence electrons. The molecule has 0 aromatic rings. The maximum Gasteiger partial charge on any atom is 0.309 e. The highest BCUT2D eigenvalue weighted by Crippen LogP contribution is 2.40. The quantitative estimate of drug-likeness (QED) is 0.456. The van der Waals surface area contributed by atoms with Crippen LogP contribution in [0.3, 0.4) is 0 Å². The molecule has 2 aliphatic rings. The Kier molecular flexibility index (Phi) is 2.38. The Morgan fingerprint density at radius 1 is 1.46 bits per heavy atom. The van der Waals surface area contributed by atoms with Gasteiger partial charge in [-0.25, -0.2) is 0 Å². The highest BCUT2D eigenvalue weighted by atomic mass is 16.5. The summed E-state index contributed by atoms with van der Waals surface area (Å²) in [5, 5.41) is 0. The second kappa shape index (κ2) is 3.52. The lowest BCUT2D eigenvalue weighted by atomic mass is 9.73. The second-order valence-corrected chi connectivity index (χ2v) is 4.02. The van der Waals surface area contributed by atoms with Crippen molar-refractivity contribution >= 4 is 5.97 Å². The Morgan fingerprint density at radius 3 is 3.08 bits per heavy atom. The summed E-state index contributed by atoms with van der Waals surface area (Å²) in [7, 11) is 0. The van der Waals surface area contributed by atoms with Crippen molar-refractivity contribution in [3.63, 3.8) is 0 Å². The van der Waals surface area contributed by atoms with E-state index in [1.54, 1.807) is 0 Å². The zero-order valence-corrected chi connectivity index (χ0v) is 8.03. The van der Waals surface area contributed by atoms with E-state index >= 15 is 0 Å². The topological polar surface area (TPSA) is 26.3 Å². The highest BCUT2D eigenvalue weighted by Gasteiger charge is 2.42. The number of hydrogen-bond donors (Lipinski definition) is 0. The Bertz CT molecular complexity index is 232. The van der Waals surface area contributed by atoms with E-state index in [2.05, 4.69) is 12.2 Å². The Hall–Kier alpha value is -0.790. The molecule has 3 atom stereocenters. The molecule has 0 amide bonds. The molecule has 0 aromatic heterocycles. The highest BCUT2D eigenvalue weighted by molar-refractivity contribution is 5.75. The summed E-state index contributed by atoms with van der Waals surface area (Å²) in [6, 6.07) is 0. The number of carbonyl (C=O) groups excluding carboxylic acids is 1. The van der Waals surface area contributed by atoms with Crippen molar-refractivity contribution in [2.24, 2.45) is 17.8 Å². The summed E-state index contributed by atoms with van der Waals surface area (Å²) in [5.41, 5.74) is 0. The van der Waals surface area contributed by atoms with Gasteiger partial charge in [0.15, 0.2) is 0 Å². The van der Waals surface area contributed by atoms with Gasteiger partial charge in [-0.2, -0.15) is 0 Å². The van der Waals surface area contributed by atoms with Gasteiger partial charge in [-0.15, -0.1) is 0 Å². The van der Waals surface area contributed by atoms with Gasteiger partial charge in [0, 0.05) is 5.92 Å². The van der Waals surface area contributed by atoms with Gasteiger partial charge in [0.2, 0.25) is 0 Å². The normalized spacial score (nSPS) is 39.2. The minimum atomic E-state index is 0.0409. The van der Waals surface area contributed by atoms with Gasteiger partial charge >= 0.3 is 5.97 Å². The standard InChI is InChI=1S/C11H16O2/c1-2-4-8-5-3-6-9-10(8)7-13-11(9)12/h2,4,8-10H,3,5-7H2,1H3/b4-2+/t8-,9-,10+/m0/s1. The first kappa shape index (κ1) is 8.79. The molecule has 0 unspecified atom stereocenters. The number of carbonyl (C=O) groups is 1. The lowest BCUT2D eigenvalue weighted by molar-refractivity contribution is -0.141. The van der Waals surface area contributed by atoms with E-state index in [0.29, 0.717) is 18.4 Å². The molecule has 2 heteroatoms. The molecule has 0 aromatic carbocycles. The number of ether oxygens (including phenoxy) is 1. The molecule has 1 aliphatic carbocycles. The molecular weight excluding hydrogens is 164 g/mol. The van der Waals surface area contributed by atoms with Crippen molar-refractivity contribution < 1.29 is 9.53 Å². The van der Waals surface area contributed by atoms with Crippen LogP contribution in [0.15, 0.2) is 12.2 Å².